The van der Waals surface area contributed by atoms with E-state index >= 15 is 0 Å². The number of anilines is 2. The fourth-order valence-electron chi connectivity index (χ4n) is 3.67. The highest BCUT2D eigenvalue weighted by molar-refractivity contribution is 6.34. The maximum Gasteiger partial charge on any atom is 0.355 e. The summed E-state index contributed by atoms with van der Waals surface area (Å²) < 4.78 is 45.0. The summed E-state index contributed by atoms with van der Waals surface area (Å²) in [6, 6.07) is 4.17. The highest BCUT2D eigenvalue weighted by Crippen LogP contribution is 2.29. The quantitative estimate of drug-likeness (QED) is 0.327. The Morgan fingerprint density at radius 3 is 2.43 bits per heavy atom. The lowest BCUT2D eigenvalue weighted by Gasteiger charge is -2.16. The number of halogens is 4. The van der Waals surface area contributed by atoms with Crippen molar-refractivity contribution in [3.8, 4) is 0 Å². The Morgan fingerprint density at radius 1 is 0.946 bits per heavy atom. The summed E-state index contributed by atoms with van der Waals surface area (Å²) in [6.45, 7) is -0.987. The van der Waals surface area contributed by atoms with Gasteiger partial charge in [-0.25, -0.2) is 27.3 Å². The number of hydrogen-bond donors (Lipinski definition) is 1. The van der Waals surface area contributed by atoms with Gasteiger partial charge in [0.25, 0.3) is 0 Å². The Balaban J connectivity index is 1.64. The second-order valence-corrected chi connectivity index (χ2v) is 8.45. The van der Waals surface area contributed by atoms with Crippen molar-refractivity contribution in [2.45, 2.75) is 13.1 Å². The number of hydrogen-bond acceptors (Lipinski definition) is 8. The molecular weight excluding hydrogens is 517 g/mol. The summed E-state index contributed by atoms with van der Waals surface area (Å²) in [5.74, 6) is -4.07. The van der Waals surface area contributed by atoms with Gasteiger partial charge < -0.3 is 5.32 Å². The van der Waals surface area contributed by atoms with Gasteiger partial charge in [0, 0.05) is 30.3 Å². The van der Waals surface area contributed by atoms with Crippen LogP contribution in [0.4, 0.5) is 24.8 Å². The molecular formula is C21H16ClF3N10O2. The molecule has 16 heteroatoms. The lowest BCUT2D eigenvalue weighted by Crippen LogP contribution is -2.43. The van der Waals surface area contributed by atoms with Crippen molar-refractivity contribution in [2.24, 2.45) is 14.1 Å². The molecule has 12 nitrogen and oxygen atoms in total. The Morgan fingerprint density at radius 2 is 1.70 bits per heavy atom. The minimum atomic E-state index is -1.39. The van der Waals surface area contributed by atoms with Crippen LogP contribution in [0.5, 0.6) is 0 Å². The molecule has 0 atom stereocenters. The number of aryl methyl sites for hydroxylation is 2. The molecule has 3 aromatic heterocycles. The van der Waals surface area contributed by atoms with Crippen LogP contribution in [-0.4, -0.2) is 44.1 Å². The molecule has 0 radical (unpaired) electrons. The number of fused-ring (bicyclic) bond motifs is 1. The molecule has 3 heterocycles. The van der Waals surface area contributed by atoms with Crippen LogP contribution in [0.15, 0.2) is 40.1 Å². The third kappa shape index (κ3) is 4.67. The van der Waals surface area contributed by atoms with Gasteiger partial charge >= 0.3 is 11.4 Å². The standard InChI is InChI=1S/C21H16ClF3N10O2/c1-32-7-11-4-17(12(22)5-16(11)29-32)26-19-27-20(36)35(9-18-28-31-33(2)30-18)21(37)34(19)8-10-3-14(24)15(25)6-13(10)23/h3-7H,8-9H2,1-2H3,(H,26,27,36). The zero-order valence-corrected chi connectivity index (χ0v) is 19.9. The molecule has 5 aromatic rings. The Hall–Kier alpha value is -4.53. The van der Waals surface area contributed by atoms with Crippen molar-refractivity contribution in [1.29, 1.82) is 0 Å². The van der Waals surface area contributed by atoms with Crippen molar-refractivity contribution in [2.75, 3.05) is 5.32 Å². The van der Waals surface area contributed by atoms with E-state index in [2.05, 4.69) is 30.8 Å². The summed E-state index contributed by atoms with van der Waals surface area (Å²) in [7, 11) is 3.22. The first-order valence-corrected chi connectivity index (χ1v) is 10.9. The second kappa shape index (κ2) is 9.16. The van der Waals surface area contributed by atoms with Crippen LogP contribution in [-0.2, 0) is 27.2 Å². The summed E-state index contributed by atoms with van der Waals surface area (Å²) in [4.78, 5) is 31.3. The SMILES string of the molecule is Cn1cc2cc(Nc3nc(=O)n(Cc4nnn(C)n4)c(=O)n3Cc3cc(F)c(F)cc3F)c(Cl)cc2n1. The van der Waals surface area contributed by atoms with E-state index in [0.717, 1.165) is 9.36 Å². The van der Waals surface area contributed by atoms with Gasteiger partial charge in [-0.3, -0.25) is 9.25 Å². The first kappa shape index (κ1) is 24.2. The average molecular weight is 533 g/mol. The molecule has 0 amide bonds. The highest BCUT2D eigenvalue weighted by Gasteiger charge is 2.19. The van der Waals surface area contributed by atoms with E-state index in [-0.39, 0.29) is 34.6 Å². The van der Waals surface area contributed by atoms with Gasteiger partial charge in [-0.2, -0.15) is 14.9 Å². The summed E-state index contributed by atoms with van der Waals surface area (Å²) >= 11 is 6.37. The molecule has 190 valence electrons. The van der Waals surface area contributed by atoms with Crippen LogP contribution in [0.1, 0.15) is 11.4 Å². The molecule has 37 heavy (non-hydrogen) atoms. The van der Waals surface area contributed by atoms with Gasteiger partial charge in [-0.1, -0.05) is 11.6 Å². The first-order chi connectivity index (χ1) is 17.6. The molecule has 0 saturated carbocycles. The van der Waals surface area contributed by atoms with E-state index in [0.29, 0.717) is 27.6 Å². The largest absolute Gasteiger partial charge is 0.355 e. The Labute approximate surface area is 209 Å². The van der Waals surface area contributed by atoms with Gasteiger partial charge in [0.1, 0.15) is 5.82 Å². The van der Waals surface area contributed by atoms with Crippen LogP contribution >= 0.6 is 11.6 Å². The van der Waals surface area contributed by atoms with Gasteiger partial charge in [-0.05, 0) is 23.4 Å². The predicted octanol–water partition coefficient (Wildman–Crippen LogP) is 1.73. The molecule has 2 aromatic carbocycles. The first-order valence-electron chi connectivity index (χ1n) is 10.6. The molecule has 0 spiro atoms. The monoisotopic (exact) mass is 532 g/mol. The van der Waals surface area contributed by atoms with Crippen LogP contribution in [0.3, 0.4) is 0 Å². The lowest BCUT2D eigenvalue weighted by molar-refractivity contribution is 0.485. The van der Waals surface area contributed by atoms with Gasteiger partial charge in [0.05, 0.1) is 36.4 Å². The number of benzene rings is 2. The number of rotatable bonds is 6. The van der Waals surface area contributed by atoms with E-state index in [1.807, 2.05) is 0 Å². The minimum absolute atomic E-state index is 0.0415. The number of tetrazole rings is 1. The molecule has 0 saturated heterocycles. The van der Waals surface area contributed by atoms with Crippen LogP contribution in [0, 0.1) is 17.5 Å². The topological polar surface area (TPSA) is 130 Å². The fourth-order valence-corrected chi connectivity index (χ4v) is 3.88. The maximum absolute atomic E-state index is 14.5. The third-order valence-corrected chi connectivity index (χ3v) is 5.68. The Bertz CT molecular complexity index is 1790. The molecule has 0 bridgehead atoms. The van der Waals surface area contributed by atoms with Crippen LogP contribution in [0.25, 0.3) is 10.9 Å². The lowest BCUT2D eigenvalue weighted by atomic mass is 10.2. The van der Waals surface area contributed by atoms with Crippen molar-refractivity contribution in [3.05, 3.63) is 85.3 Å². The van der Waals surface area contributed by atoms with Crippen molar-refractivity contribution < 1.29 is 13.2 Å². The van der Waals surface area contributed by atoms with Crippen molar-refractivity contribution in [1.82, 2.24) is 44.1 Å². The second-order valence-electron chi connectivity index (χ2n) is 8.04. The summed E-state index contributed by atoms with van der Waals surface area (Å²) in [6.07, 6.45) is 1.72. The zero-order valence-electron chi connectivity index (χ0n) is 19.2. The summed E-state index contributed by atoms with van der Waals surface area (Å²) in [5.41, 5.74) is -1.42. The molecule has 0 aliphatic heterocycles. The van der Waals surface area contributed by atoms with E-state index in [1.54, 1.807) is 30.1 Å². The van der Waals surface area contributed by atoms with E-state index < -0.39 is 35.4 Å². The third-order valence-electron chi connectivity index (χ3n) is 5.37. The van der Waals surface area contributed by atoms with Gasteiger partial charge in [-0.15, -0.1) is 10.2 Å². The molecule has 0 fully saturated rings. The number of nitrogens with zero attached hydrogens (tertiary/aromatic N) is 9. The number of nitrogens with one attached hydrogen (secondary N) is 1. The van der Waals surface area contributed by atoms with E-state index in [1.165, 1.54) is 7.05 Å². The highest BCUT2D eigenvalue weighted by atomic mass is 35.5. The average Bonchev–Trinajstić information content (AvgIpc) is 3.40. The van der Waals surface area contributed by atoms with E-state index in [9.17, 15) is 22.8 Å². The van der Waals surface area contributed by atoms with E-state index in [4.69, 9.17) is 11.6 Å². The Kier molecular flexibility index (Phi) is 5.99. The molecule has 5 rings (SSSR count). The van der Waals surface area contributed by atoms with Gasteiger partial charge in [0.2, 0.25) is 5.95 Å². The zero-order chi connectivity index (χ0) is 26.4. The maximum atomic E-state index is 14.5. The van der Waals surface area contributed by atoms with Crippen molar-refractivity contribution >= 4 is 34.1 Å². The van der Waals surface area contributed by atoms with Crippen molar-refractivity contribution in [3.63, 3.8) is 0 Å². The van der Waals surface area contributed by atoms with Crippen LogP contribution in [0.2, 0.25) is 5.02 Å². The molecule has 0 aliphatic rings. The smallest absolute Gasteiger partial charge is 0.324 e. The predicted molar refractivity (Wildman–Crippen MR) is 125 cm³/mol. The summed E-state index contributed by atoms with van der Waals surface area (Å²) in [5, 5.41) is 19.3. The van der Waals surface area contributed by atoms with Crippen LogP contribution < -0.4 is 16.7 Å². The molecule has 0 aliphatic carbocycles. The number of aromatic nitrogens is 9. The molecule has 1 N–H and O–H groups in total. The molecule has 0 unspecified atom stereocenters. The minimum Gasteiger partial charge on any atom is -0.324 e. The normalized spacial score (nSPS) is 11.4. The fraction of sp³-hybridized carbons (Fsp3) is 0.190. The van der Waals surface area contributed by atoms with Gasteiger partial charge in [0.15, 0.2) is 17.5 Å².